The molecule has 3 atom stereocenters. The van der Waals surface area contributed by atoms with Gasteiger partial charge >= 0.3 is 0 Å². The molecular weight excluding hydrogens is 236 g/mol. The molecule has 3 unspecified atom stereocenters. The molecule has 0 bridgehead atoms. The van der Waals surface area contributed by atoms with Crippen LogP contribution in [0, 0.1) is 11.8 Å². The molecule has 0 radical (unpaired) electrons. The maximum atomic E-state index is 11.6. The van der Waals surface area contributed by atoms with Crippen LogP contribution in [-0.2, 0) is 4.79 Å². The SMILES string of the molecule is O=C(CCNC1CCC2CCCCC2C1)NC1CC1. The van der Waals surface area contributed by atoms with Crippen molar-refractivity contribution in [3.8, 4) is 0 Å². The normalized spacial score (nSPS) is 34.6. The molecule has 0 heterocycles. The van der Waals surface area contributed by atoms with E-state index in [-0.39, 0.29) is 5.91 Å². The summed E-state index contributed by atoms with van der Waals surface area (Å²) in [6, 6.07) is 1.18. The Balaban J connectivity index is 1.32. The van der Waals surface area contributed by atoms with E-state index in [4.69, 9.17) is 0 Å². The fourth-order valence-electron chi connectivity index (χ4n) is 3.98. The van der Waals surface area contributed by atoms with Gasteiger partial charge in [0, 0.05) is 25.0 Å². The first-order valence-corrected chi connectivity index (χ1v) is 8.34. The van der Waals surface area contributed by atoms with Gasteiger partial charge in [0.25, 0.3) is 0 Å². The quantitative estimate of drug-likeness (QED) is 0.801. The summed E-state index contributed by atoms with van der Waals surface area (Å²) in [6.07, 6.45) is 12.9. The van der Waals surface area contributed by atoms with Gasteiger partial charge in [-0.1, -0.05) is 25.7 Å². The van der Waals surface area contributed by atoms with Gasteiger partial charge in [-0.15, -0.1) is 0 Å². The van der Waals surface area contributed by atoms with Crippen molar-refractivity contribution >= 4 is 5.91 Å². The monoisotopic (exact) mass is 264 g/mol. The molecule has 3 nitrogen and oxygen atoms in total. The summed E-state index contributed by atoms with van der Waals surface area (Å²) >= 11 is 0. The van der Waals surface area contributed by atoms with E-state index in [2.05, 4.69) is 10.6 Å². The van der Waals surface area contributed by atoms with Crippen LogP contribution in [0.2, 0.25) is 0 Å². The average Bonchev–Trinajstić information content (AvgIpc) is 3.22. The minimum absolute atomic E-state index is 0.237. The predicted octanol–water partition coefficient (Wildman–Crippen LogP) is 2.60. The number of rotatable bonds is 5. The van der Waals surface area contributed by atoms with Crippen LogP contribution in [0.3, 0.4) is 0 Å². The van der Waals surface area contributed by atoms with Crippen LogP contribution in [-0.4, -0.2) is 24.5 Å². The highest BCUT2D eigenvalue weighted by Crippen LogP contribution is 2.40. The zero-order valence-corrected chi connectivity index (χ0v) is 12.0. The Kier molecular flexibility index (Phi) is 4.42. The van der Waals surface area contributed by atoms with Crippen molar-refractivity contribution in [2.45, 2.75) is 76.3 Å². The summed E-state index contributed by atoms with van der Waals surface area (Å²) in [4.78, 5) is 11.6. The van der Waals surface area contributed by atoms with Crippen molar-refractivity contribution in [3.05, 3.63) is 0 Å². The van der Waals surface area contributed by atoms with Gasteiger partial charge in [0.2, 0.25) is 5.91 Å². The van der Waals surface area contributed by atoms with Crippen LogP contribution in [0.15, 0.2) is 0 Å². The molecule has 0 aromatic heterocycles. The topological polar surface area (TPSA) is 41.1 Å². The van der Waals surface area contributed by atoms with E-state index >= 15 is 0 Å². The van der Waals surface area contributed by atoms with Gasteiger partial charge in [-0.3, -0.25) is 4.79 Å². The molecule has 108 valence electrons. The summed E-state index contributed by atoms with van der Waals surface area (Å²) in [6.45, 7) is 0.862. The molecule has 3 saturated carbocycles. The van der Waals surface area contributed by atoms with Crippen LogP contribution >= 0.6 is 0 Å². The van der Waals surface area contributed by atoms with E-state index < -0.39 is 0 Å². The maximum Gasteiger partial charge on any atom is 0.221 e. The lowest BCUT2D eigenvalue weighted by Crippen LogP contribution is -2.40. The molecule has 0 aromatic rings. The zero-order valence-electron chi connectivity index (χ0n) is 12.0. The molecule has 3 fully saturated rings. The van der Waals surface area contributed by atoms with Crippen LogP contribution in [0.4, 0.5) is 0 Å². The second-order valence-electron chi connectivity index (χ2n) is 6.86. The number of hydrogen-bond acceptors (Lipinski definition) is 2. The summed E-state index contributed by atoms with van der Waals surface area (Å²) in [5.74, 6) is 2.23. The Bertz CT molecular complexity index is 314. The number of fused-ring (bicyclic) bond motifs is 1. The molecule has 3 aliphatic carbocycles. The molecule has 0 aromatic carbocycles. The molecule has 3 rings (SSSR count). The van der Waals surface area contributed by atoms with Crippen LogP contribution in [0.25, 0.3) is 0 Å². The predicted molar refractivity (Wildman–Crippen MR) is 76.9 cm³/mol. The average molecular weight is 264 g/mol. The first kappa shape index (κ1) is 13.4. The molecule has 1 amide bonds. The second kappa shape index (κ2) is 6.25. The van der Waals surface area contributed by atoms with Crippen molar-refractivity contribution in [1.82, 2.24) is 10.6 Å². The number of hydrogen-bond donors (Lipinski definition) is 2. The van der Waals surface area contributed by atoms with Gasteiger partial charge in [-0.05, 0) is 43.9 Å². The molecule has 0 spiro atoms. The minimum atomic E-state index is 0.237. The molecule has 0 aliphatic heterocycles. The Morgan fingerprint density at radius 3 is 2.42 bits per heavy atom. The third kappa shape index (κ3) is 3.95. The molecule has 0 saturated heterocycles. The van der Waals surface area contributed by atoms with E-state index in [0.717, 1.165) is 18.4 Å². The highest BCUT2D eigenvalue weighted by atomic mass is 16.1. The number of carbonyl (C=O) groups excluding carboxylic acids is 1. The second-order valence-corrected chi connectivity index (χ2v) is 6.86. The first-order valence-electron chi connectivity index (χ1n) is 8.34. The smallest absolute Gasteiger partial charge is 0.221 e. The third-order valence-electron chi connectivity index (χ3n) is 5.27. The molecule has 3 heteroatoms. The third-order valence-corrected chi connectivity index (χ3v) is 5.27. The van der Waals surface area contributed by atoms with Crippen LogP contribution in [0.5, 0.6) is 0 Å². The summed E-state index contributed by atoms with van der Waals surface area (Å²) in [5.41, 5.74) is 0. The minimum Gasteiger partial charge on any atom is -0.353 e. The molecule has 2 N–H and O–H groups in total. The largest absolute Gasteiger partial charge is 0.353 e. The van der Waals surface area contributed by atoms with Crippen molar-refractivity contribution in [2.75, 3.05) is 6.54 Å². The Morgan fingerprint density at radius 2 is 1.63 bits per heavy atom. The lowest BCUT2D eigenvalue weighted by Gasteiger charge is -2.39. The lowest BCUT2D eigenvalue weighted by molar-refractivity contribution is -0.121. The number of amides is 1. The van der Waals surface area contributed by atoms with E-state index in [1.807, 2.05) is 0 Å². The molecular formula is C16H28N2O. The van der Waals surface area contributed by atoms with Crippen LogP contribution in [0.1, 0.15) is 64.2 Å². The Hall–Kier alpha value is -0.570. The fourth-order valence-corrected chi connectivity index (χ4v) is 3.98. The molecule has 3 aliphatic rings. The van der Waals surface area contributed by atoms with Crippen molar-refractivity contribution in [2.24, 2.45) is 11.8 Å². The zero-order chi connectivity index (χ0) is 13.1. The summed E-state index contributed by atoms with van der Waals surface area (Å²) in [5, 5.41) is 6.68. The van der Waals surface area contributed by atoms with E-state index in [1.165, 1.54) is 57.8 Å². The summed E-state index contributed by atoms with van der Waals surface area (Å²) < 4.78 is 0. The van der Waals surface area contributed by atoms with Gasteiger partial charge < -0.3 is 10.6 Å². The summed E-state index contributed by atoms with van der Waals surface area (Å²) in [7, 11) is 0. The Morgan fingerprint density at radius 1 is 0.895 bits per heavy atom. The van der Waals surface area contributed by atoms with Crippen molar-refractivity contribution in [1.29, 1.82) is 0 Å². The van der Waals surface area contributed by atoms with Gasteiger partial charge in [0.1, 0.15) is 0 Å². The lowest BCUT2D eigenvalue weighted by atomic mass is 9.69. The standard InChI is InChI=1S/C16H28N2O/c19-16(18-14-7-8-14)9-10-17-15-6-5-12-3-1-2-4-13(12)11-15/h12-15,17H,1-11H2,(H,18,19). The van der Waals surface area contributed by atoms with Gasteiger partial charge in [-0.2, -0.15) is 0 Å². The molecule has 19 heavy (non-hydrogen) atoms. The van der Waals surface area contributed by atoms with E-state index in [1.54, 1.807) is 0 Å². The van der Waals surface area contributed by atoms with Gasteiger partial charge in [-0.25, -0.2) is 0 Å². The fraction of sp³-hybridized carbons (Fsp3) is 0.938. The van der Waals surface area contributed by atoms with Crippen LogP contribution < -0.4 is 10.6 Å². The van der Waals surface area contributed by atoms with E-state index in [9.17, 15) is 4.79 Å². The van der Waals surface area contributed by atoms with Gasteiger partial charge in [0.05, 0.1) is 0 Å². The maximum absolute atomic E-state index is 11.6. The Labute approximate surface area is 116 Å². The van der Waals surface area contributed by atoms with E-state index in [0.29, 0.717) is 18.5 Å². The first-order chi connectivity index (χ1) is 9.31. The number of carbonyl (C=O) groups is 1. The van der Waals surface area contributed by atoms with Gasteiger partial charge in [0.15, 0.2) is 0 Å². The van der Waals surface area contributed by atoms with Crippen molar-refractivity contribution in [3.63, 3.8) is 0 Å². The number of nitrogens with one attached hydrogen (secondary N) is 2. The highest BCUT2D eigenvalue weighted by molar-refractivity contribution is 5.76. The highest BCUT2D eigenvalue weighted by Gasteiger charge is 2.31. The van der Waals surface area contributed by atoms with Crippen molar-refractivity contribution < 1.29 is 4.79 Å².